The van der Waals surface area contributed by atoms with Crippen molar-refractivity contribution in [1.29, 1.82) is 0 Å². The highest BCUT2D eigenvalue weighted by molar-refractivity contribution is 6.31. The number of rotatable bonds is 4. The summed E-state index contributed by atoms with van der Waals surface area (Å²) in [6.07, 6.45) is 1.67. The zero-order valence-corrected chi connectivity index (χ0v) is 11.2. The van der Waals surface area contributed by atoms with E-state index in [1.165, 1.54) is 6.92 Å². The molecule has 0 aliphatic heterocycles. The summed E-state index contributed by atoms with van der Waals surface area (Å²) in [5, 5.41) is 6.57. The molecule has 2 N–H and O–H groups in total. The maximum Gasteiger partial charge on any atom is 0.222 e. The van der Waals surface area contributed by atoms with Crippen LogP contribution in [0.5, 0.6) is 0 Å². The number of halogens is 1. The maximum atomic E-state index is 10.9. The van der Waals surface area contributed by atoms with Gasteiger partial charge in [0.25, 0.3) is 0 Å². The topological polar surface area (TPSA) is 54.0 Å². The minimum absolute atomic E-state index is 0.135. The van der Waals surface area contributed by atoms with E-state index in [4.69, 9.17) is 11.6 Å². The van der Waals surface area contributed by atoms with Crippen molar-refractivity contribution in [3.63, 3.8) is 0 Å². The number of benzene rings is 1. The third-order valence-corrected chi connectivity index (χ3v) is 2.88. The quantitative estimate of drug-likeness (QED) is 0.900. The zero-order valence-electron chi connectivity index (χ0n) is 10.5. The number of nitrogens with one attached hydrogen (secondary N) is 2. The number of nitrogens with zero attached hydrogens (tertiary/aromatic N) is 1. The van der Waals surface area contributed by atoms with E-state index in [9.17, 15) is 4.79 Å². The lowest BCUT2D eigenvalue weighted by atomic mass is 10.2. The normalized spacial score (nSPS) is 10.0. The van der Waals surface area contributed by atoms with Crippen LogP contribution in [0.1, 0.15) is 12.5 Å². The van der Waals surface area contributed by atoms with Crippen molar-refractivity contribution in [2.45, 2.75) is 13.5 Å². The van der Waals surface area contributed by atoms with Crippen molar-refractivity contribution in [3.8, 4) is 0 Å². The lowest BCUT2D eigenvalue weighted by molar-refractivity contribution is -0.114. The molecule has 0 aliphatic rings. The number of amides is 1. The first-order valence-corrected chi connectivity index (χ1v) is 6.24. The van der Waals surface area contributed by atoms with Crippen LogP contribution < -0.4 is 10.6 Å². The second-order valence-electron chi connectivity index (χ2n) is 4.06. The summed E-state index contributed by atoms with van der Waals surface area (Å²) in [5.41, 5.74) is 1.89. The van der Waals surface area contributed by atoms with Gasteiger partial charge in [-0.15, -0.1) is 0 Å². The second-order valence-corrected chi connectivity index (χ2v) is 4.47. The third kappa shape index (κ3) is 3.96. The van der Waals surface area contributed by atoms with E-state index < -0.39 is 0 Å². The smallest absolute Gasteiger partial charge is 0.222 e. The molecule has 1 heterocycles. The minimum Gasteiger partial charge on any atom is -0.380 e. The summed E-state index contributed by atoms with van der Waals surface area (Å²) in [6, 6.07) is 11.3. The number of aromatic nitrogens is 1. The Morgan fingerprint density at radius 2 is 2.05 bits per heavy atom. The van der Waals surface area contributed by atoms with Gasteiger partial charge in [0.2, 0.25) is 5.91 Å². The molecule has 1 aromatic carbocycles. The maximum absolute atomic E-state index is 10.9. The predicted molar refractivity (Wildman–Crippen MR) is 77.3 cm³/mol. The molecule has 98 valence electrons. The molecule has 5 heteroatoms. The molecule has 19 heavy (non-hydrogen) atoms. The van der Waals surface area contributed by atoms with E-state index in [1.807, 2.05) is 30.3 Å². The van der Waals surface area contributed by atoms with Crippen LogP contribution in [0.3, 0.4) is 0 Å². The van der Waals surface area contributed by atoms with Crippen LogP contribution in [0.15, 0.2) is 42.6 Å². The average molecular weight is 276 g/mol. The Hall–Kier alpha value is -2.07. The van der Waals surface area contributed by atoms with Gasteiger partial charge in [0.15, 0.2) is 0 Å². The van der Waals surface area contributed by atoms with Gasteiger partial charge in [-0.3, -0.25) is 4.79 Å². The summed E-state index contributed by atoms with van der Waals surface area (Å²) in [7, 11) is 0. The molecule has 0 fully saturated rings. The Labute approximate surface area is 116 Å². The average Bonchev–Trinajstić information content (AvgIpc) is 2.39. The monoisotopic (exact) mass is 275 g/mol. The Morgan fingerprint density at radius 3 is 2.68 bits per heavy atom. The van der Waals surface area contributed by atoms with Crippen LogP contribution in [0.4, 0.5) is 11.5 Å². The van der Waals surface area contributed by atoms with Crippen LogP contribution in [-0.2, 0) is 11.3 Å². The van der Waals surface area contributed by atoms with Crippen molar-refractivity contribution < 1.29 is 4.79 Å². The van der Waals surface area contributed by atoms with E-state index in [2.05, 4.69) is 15.6 Å². The molecular weight excluding hydrogens is 262 g/mol. The van der Waals surface area contributed by atoms with Crippen LogP contribution in [0.2, 0.25) is 5.02 Å². The van der Waals surface area contributed by atoms with E-state index in [-0.39, 0.29) is 5.91 Å². The number of carbonyl (C=O) groups excluding carboxylic acids is 1. The number of hydrogen-bond donors (Lipinski definition) is 2. The first kappa shape index (κ1) is 13.4. The fraction of sp³-hybridized carbons (Fsp3) is 0.143. The molecule has 4 nitrogen and oxygen atoms in total. The molecule has 1 amide bonds. The lowest BCUT2D eigenvalue weighted by Gasteiger charge is -2.08. The molecule has 0 unspecified atom stereocenters. The summed E-state index contributed by atoms with van der Waals surface area (Å²) in [6.45, 7) is 2.08. The summed E-state index contributed by atoms with van der Waals surface area (Å²) < 4.78 is 0. The molecule has 2 rings (SSSR count). The van der Waals surface area contributed by atoms with Crippen molar-refractivity contribution in [2.24, 2.45) is 0 Å². The fourth-order valence-electron chi connectivity index (χ4n) is 1.59. The Bertz CT molecular complexity index is 569. The molecule has 0 saturated carbocycles. The Morgan fingerprint density at radius 1 is 1.26 bits per heavy atom. The number of hydrogen-bond acceptors (Lipinski definition) is 3. The Kier molecular flexibility index (Phi) is 4.36. The summed E-state index contributed by atoms with van der Waals surface area (Å²) in [4.78, 5) is 15.0. The van der Waals surface area contributed by atoms with Crippen molar-refractivity contribution in [2.75, 3.05) is 10.6 Å². The lowest BCUT2D eigenvalue weighted by Crippen LogP contribution is -2.07. The first-order valence-electron chi connectivity index (χ1n) is 5.86. The molecule has 0 bridgehead atoms. The van der Waals surface area contributed by atoms with Gasteiger partial charge in [-0.05, 0) is 23.8 Å². The van der Waals surface area contributed by atoms with Crippen molar-refractivity contribution in [3.05, 3.63) is 53.2 Å². The van der Waals surface area contributed by atoms with E-state index >= 15 is 0 Å². The number of pyridine rings is 1. The van der Waals surface area contributed by atoms with Crippen LogP contribution >= 0.6 is 11.6 Å². The van der Waals surface area contributed by atoms with Gasteiger partial charge < -0.3 is 10.6 Å². The van der Waals surface area contributed by atoms with Gasteiger partial charge in [-0.25, -0.2) is 4.98 Å². The highest BCUT2D eigenvalue weighted by Gasteiger charge is 2.00. The van der Waals surface area contributed by atoms with Crippen LogP contribution in [0, 0.1) is 0 Å². The number of anilines is 2. The predicted octanol–water partition coefficient (Wildman–Crippen LogP) is 3.31. The van der Waals surface area contributed by atoms with Crippen molar-refractivity contribution in [1.82, 2.24) is 4.98 Å². The standard InChI is InChI=1S/C14H14ClN3O/c1-10(19)18-14-7-6-12(9-17-14)16-8-11-4-2-3-5-13(11)15/h2-7,9,16H,8H2,1H3,(H,17,18,19). The van der Waals surface area contributed by atoms with Crippen LogP contribution in [0.25, 0.3) is 0 Å². The van der Waals surface area contributed by atoms with Gasteiger partial charge in [0.1, 0.15) is 5.82 Å². The van der Waals surface area contributed by atoms with Gasteiger partial charge >= 0.3 is 0 Å². The third-order valence-electron chi connectivity index (χ3n) is 2.51. The Balaban J connectivity index is 1.97. The summed E-state index contributed by atoms with van der Waals surface area (Å²) in [5.74, 6) is 0.403. The van der Waals surface area contributed by atoms with Gasteiger partial charge in [-0.1, -0.05) is 29.8 Å². The molecule has 0 radical (unpaired) electrons. The molecule has 0 atom stereocenters. The van der Waals surface area contributed by atoms with Crippen LogP contribution in [-0.4, -0.2) is 10.9 Å². The molecule has 1 aromatic heterocycles. The first-order chi connectivity index (χ1) is 9.15. The largest absolute Gasteiger partial charge is 0.380 e. The molecule has 0 aliphatic carbocycles. The molecule has 0 saturated heterocycles. The highest BCUT2D eigenvalue weighted by Crippen LogP contribution is 2.17. The van der Waals surface area contributed by atoms with E-state index in [1.54, 1.807) is 12.3 Å². The second kappa shape index (κ2) is 6.20. The molecule has 0 spiro atoms. The van der Waals surface area contributed by atoms with Gasteiger partial charge in [-0.2, -0.15) is 0 Å². The van der Waals surface area contributed by atoms with E-state index in [0.717, 1.165) is 16.3 Å². The SMILES string of the molecule is CC(=O)Nc1ccc(NCc2ccccc2Cl)cn1. The fourth-order valence-corrected chi connectivity index (χ4v) is 1.79. The minimum atomic E-state index is -0.135. The van der Waals surface area contributed by atoms with Crippen molar-refractivity contribution >= 4 is 29.0 Å². The number of carbonyl (C=O) groups is 1. The van der Waals surface area contributed by atoms with E-state index in [0.29, 0.717) is 12.4 Å². The highest BCUT2D eigenvalue weighted by atomic mass is 35.5. The molecule has 2 aromatic rings. The van der Waals surface area contributed by atoms with Gasteiger partial charge in [0.05, 0.1) is 11.9 Å². The zero-order chi connectivity index (χ0) is 13.7. The summed E-state index contributed by atoms with van der Waals surface area (Å²) >= 11 is 6.07. The van der Waals surface area contributed by atoms with Gasteiger partial charge in [0, 0.05) is 18.5 Å². The molecular formula is C14H14ClN3O.